The van der Waals surface area contributed by atoms with Gasteiger partial charge in [-0.15, -0.1) is 0 Å². The van der Waals surface area contributed by atoms with Crippen LogP contribution in [0.1, 0.15) is 11.1 Å². The minimum absolute atomic E-state index is 0.134. The van der Waals surface area contributed by atoms with Crippen LogP contribution in [0.2, 0.25) is 0 Å². The first-order chi connectivity index (χ1) is 12.7. The molecule has 2 aromatic rings. The van der Waals surface area contributed by atoms with Crippen LogP contribution in [0.25, 0.3) is 0 Å². The van der Waals surface area contributed by atoms with Gasteiger partial charge >= 0.3 is 0 Å². The van der Waals surface area contributed by atoms with Gasteiger partial charge in [0.05, 0.1) is 20.6 Å². The number of carbonyl (C=O) groups excluding carboxylic acids is 1. The van der Waals surface area contributed by atoms with Crippen LogP contribution in [0.4, 0.5) is 0 Å². The van der Waals surface area contributed by atoms with Crippen molar-refractivity contribution < 1.29 is 14.3 Å². The fourth-order valence-electron chi connectivity index (χ4n) is 3.18. The Balaban J connectivity index is 1.54. The molecule has 1 saturated heterocycles. The van der Waals surface area contributed by atoms with Gasteiger partial charge in [-0.2, -0.15) is 0 Å². The van der Waals surface area contributed by atoms with Gasteiger partial charge in [-0.1, -0.05) is 12.1 Å². The molecule has 6 heteroatoms. The van der Waals surface area contributed by atoms with Crippen LogP contribution < -0.4 is 9.47 Å². The number of carbonyl (C=O) groups is 1. The van der Waals surface area contributed by atoms with Crippen molar-refractivity contribution in [2.45, 2.75) is 13.0 Å². The number of nitrogens with zero attached hydrogens (tertiary/aromatic N) is 3. The quantitative estimate of drug-likeness (QED) is 0.793. The first-order valence-corrected chi connectivity index (χ1v) is 8.79. The zero-order valence-electron chi connectivity index (χ0n) is 15.4. The second kappa shape index (κ2) is 8.67. The van der Waals surface area contributed by atoms with Gasteiger partial charge in [-0.25, -0.2) is 0 Å². The van der Waals surface area contributed by atoms with E-state index in [1.807, 2.05) is 35.4 Å². The van der Waals surface area contributed by atoms with E-state index in [1.54, 1.807) is 20.4 Å². The van der Waals surface area contributed by atoms with Crippen LogP contribution in [0.3, 0.4) is 0 Å². The molecular weight excluding hydrogens is 330 g/mol. The van der Waals surface area contributed by atoms with Crippen LogP contribution in [-0.2, 0) is 17.8 Å². The summed E-state index contributed by atoms with van der Waals surface area (Å²) in [5.74, 6) is 1.55. The lowest BCUT2D eigenvalue weighted by molar-refractivity contribution is -0.132. The second-order valence-electron chi connectivity index (χ2n) is 6.37. The Morgan fingerprint density at radius 2 is 1.92 bits per heavy atom. The number of pyridine rings is 1. The second-order valence-corrected chi connectivity index (χ2v) is 6.37. The number of methoxy groups -OCH3 is 2. The molecule has 1 fully saturated rings. The van der Waals surface area contributed by atoms with Crippen LogP contribution >= 0.6 is 0 Å². The lowest BCUT2D eigenvalue weighted by Gasteiger charge is -2.34. The molecule has 1 aliphatic rings. The molecular formula is C20H25N3O3. The standard InChI is InChI=1S/C20H25N3O3/c1-25-18-6-5-17(19(13-18)26-2)12-20(24)23-10-8-22(9-11-23)15-16-4-3-7-21-14-16/h3-7,13-14H,8-12,15H2,1-2H3. The maximum atomic E-state index is 12.7. The van der Waals surface area contributed by atoms with Gasteiger partial charge in [0.15, 0.2) is 0 Å². The predicted octanol–water partition coefficient (Wildman–Crippen LogP) is 1.99. The fraction of sp³-hybridized carbons (Fsp3) is 0.400. The molecule has 0 atom stereocenters. The van der Waals surface area contributed by atoms with Crippen molar-refractivity contribution in [3.8, 4) is 11.5 Å². The van der Waals surface area contributed by atoms with E-state index in [-0.39, 0.29) is 5.91 Å². The fourth-order valence-corrected chi connectivity index (χ4v) is 3.18. The minimum atomic E-state index is 0.134. The Morgan fingerprint density at radius 1 is 1.12 bits per heavy atom. The van der Waals surface area contributed by atoms with Gasteiger partial charge in [-0.3, -0.25) is 14.7 Å². The van der Waals surface area contributed by atoms with Crippen molar-refractivity contribution in [3.63, 3.8) is 0 Å². The SMILES string of the molecule is COc1ccc(CC(=O)N2CCN(Cc3cccnc3)CC2)c(OC)c1. The topological polar surface area (TPSA) is 54.9 Å². The average molecular weight is 355 g/mol. The maximum Gasteiger partial charge on any atom is 0.227 e. The van der Waals surface area contributed by atoms with Crippen molar-refractivity contribution in [1.29, 1.82) is 0 Å². The van der Waals surface area contributed by atoms with Crippen molar-refractivity contribution >= 4 is 5.91 Å². The monoisotopic (exact) mass is 355 g/mol. The molecule has 0 radical (unpaired) electrons. The Hall–Kier alpha value is -2.60. The van der Waals surface area contributed by atoms with Crippen LogP contribution in [0.5, 0.6) is 11.5 Å². The van der Waals surface area contributed by atoms with Gasteiger partial charge in [0.25, 0.3) is 0 Å². The first-order valence-electron chi connectivity index (χ1n) is 8.79. The van der Waals surface area contributed by atoms with Crippen molar-refractivity contribution in [2.24, 2.45) is 0 Å². The summed E-state index contributed by atoms with van der Waals surface area (Å²) >= 11 is 0. The molecule has 138 valence electrons. The molecule has 26 heavy (non-hydrogen) atoms. The van der Waals surface area contributed by atoms with Gasteiger partial charge in [0.2, 0.25) is 5.91 Å². The predicted molar refractivity (Wildman–Crippen MR) is 99.3 cm³/mol. The summed E-state index contributed by atoms with van der Waals surface area (Å²) in [6.07, 6.45) is 4.02. The molecule has 0 unspecified atom stereocenters. The van der Waals surface area contributed by atoms with Gasteiger partial charge < -0.3 is 14.4 Å². The zero-order chi connectivity index (χ0) is 18.4. The van der Waals surface area contributed by atoms with E-state index in [0.29, 0.717) is 12.2 Å². The van der Waals surface area contributed by atoms with E-state index >= 15 is 0 Å². The summed E-state index contributed by atoms with van der Waals surface area (Å²) < 4.78 is 10.6. The van der Waals surface area contributed by atoms with Crippen LogP contribution in [0, 0.1) is 0 Å². The summed E-state index contributed by atoms with van der Waals surface area (Å²) in [6.45, 7) is 4.12. The van der Waals surface area contributed by atoms with E-state index in [0.717, 1.165) is 44.0 Å². The Kier molecular flexibility index (Phi) is 6.07. The zero-order valence-corrected chi connectivity index (χ0v) is 15.4. The Labute approximate surface area is 154 Å². The summed E-state index contributed by atoms with van der Waals surface area (Å²) in [5, 5.41) is 0. The number of ether oxygens (including phenoxy) is 2. The third-order valence-corrected chi connectivity index (χ3v) is 4.69. The highest BCUT2D eigenvalue weighted by molar-refractivity contribution is 5.79. The summed E-state index contributed by atoms with van der Waals surface area (Å²) in [4.78, 5) is 21.1. The minimum Gasteiger partial charge on any atom is -0.497 e. The maximum absolute atomic E-state index is 12.7. The largest absolute Gasteiger partial charge is 0.497 e. The number of piperazine rings is 1. The molecule has 1 aromatic carbocycles. The Morgan fingerprint density at radius 3 is 2.58 bits per heavy atom. The normalized spacial score (nSPS) is 14.9. The molecule has 0 bridgehead atoms. The summed E-state index contributed by atoms with van der Waals surface area (Å²) in [6, 6.07) is 9.61. The lowest BCUT2D eigenvalue weighted by atomic mass is 10.1. The van der Waals surface area contributed by atoms with Gasteiger partial charge in [0, 0.05) is 56.7 Å². The highest BCUT2D eigenvalue weighted by Gasteiger charge is 2.22. The van der Waals surface area contributed by atoms with Crippen molar-refractivity contribution in [3.05, 3.63) is 53.9 Å². The Bertz CT molecular complexity index is 728. The van der Waals surface area contributed by atoms with Crippen LogP contribution in [0.15, 0.2) is 42.7 Å². The molecule has 2 heterocycles. The third-order valence-electron chi connectivity index (χ3n) is 4.69. The molecule has 0 spiro atoms. The summed E-state index contributed by atoms with van der Waals surface area (Å²) in [7, 11) is 3.23. The molecule has 6 nitrogen and oxygen atoms in total. The molecule has 1 aliphatic heterocycles. The molecule has 1 aromatic heterocycles. The number of hydrogen-bond acceptors (Lipinski definition) is 5. The van der Waals surface area contributed by atoms with Crippen molar-refractivity contribution in [2.75, 3.05) is 40.4 Å². The number of rotatable bonds is 6. The van der Waals surface area contributed by atoms with E-state index in [1.165, 1.54) is 5.56 Å². The number of aromatic nitrogens is 1. The van der Waals surface area contributed by atoms with E-state index < -0.39 is 0 Å². The number of hydrogen-bond donors (Lipinski definition) is 0. The lowest BCUT2D eigenvalue weighted by Crippen LogP contribution is -2.48. The molecule has 1 amide bonds. The summed E-state index contributed by atoms with van der Waals surface area (Å²) in [5.41, 5.74) is 2.09. The highest BCUT2D eigenvalue weighted by Crippen LogP contribution is 2.25. The van der Waals surface area contributed by atoms with E-state index in [9.17, 15) is 4.79 Å². The van der Waals surface area contributed by atoms with Gasteiger partial charge in [-0.05, 0) is 17.7 Å². The third kappa shape index (κ3) is 4.52. The van der Waals surface area contributed by atoms with Crippen LogP contribution in [-0.4, -0.2) is 61.1 Å². The highest BCUT2D eigenvalue weighted by atomic mass is 16.5. The smallest absolute Gasteiger partial charge is 0.227 e. The van der Waals surface area contributed by atoms with Gasteiger partial charge in [0.1, 0.15) is 11.5 Å². The molecule has 0 aliphatic carbocycles. The van der Waals surface area contributed by atoms with E-state index in [2.05, 4.69) is 16.0 Å². The molecule has 0 saturated carbocycles. The average Bonchev–Trinajstić information content (AvgIpc) is 2.69. The first kappa shape index (κ1) is 18.2. The van der Waals surface area contributed by atoms with E-state index in [4.69, 9.17) is 9.47 Å². The number of benzene rings is 1. The molecule has 3 rings (SSSR count). The molecule has 0 N–H and O–H groups in total. The van der Waals surface area contributed by atoms with Crippen molar-refractivity contribution in [1.82, 2.24) is 14.8 Å². The number of amides is 1.